The van der Waals surface area contributed by atoms with Crippen molar-refractivity contribution in [3.8, 4) is 0 Å². The van der Waals surface area contributed by atoms with E-state index in [2.05, 4.69) is 0 Å². The smallest absolute Gasteiger partial charge is 0.306 e. The van der Waals surface area contributed by atoms with Gasteiger partial charge in [0.25, 0.3) is 5.91 Å². The minimum atomic E-state index is -0.337. The van der Waals surface area contributed by atoms with Crippen LogP contribution in [0.3, 0.4) is 0 Å². The van der Waals surface area contributed by atoms with E-state index in [1.54, 1.807) is 35.7 Å². The van der Waals surface area contributed by atoms with Crippen LogP contribution in [0, 0.1) is 0 Å². The van der Waals surface area contributed by atoms with E-state index < -0.39 is 0 Å². The molecule has 0 bridgehead atoms. The van der Waals surface area contributed by atoms with Gasteiger partial charge in [0, 0.05) is 31.8 Å². The predicted molar refractivity (Wildman–Crippen MR) is 96.6 cm³/mol. The number of hydrogen-bond acceptors (Lipinski definition) is 6. The number of esters is 1. The molecule has 0 radical (unpaired) electrons. The van der Waals surface area contributed by atoms with E-state index in [-0.39, 0.29) is 35.5 Å². The van der Waals surface area contributed by atoms with E-state index in [0.29, 0.717) is 32.0 Å². The van der Waals surface area contributed by atoms with Gasteiger partial charge in [-0.25, -0.2) is 0 Å². The molecule has 0 N–H and O–H groups in total. The molecule has 0 aliphatic carbocycles. The molecular weight excluding hydrogens is 356 g/mol. The molecule has 1 aromatic rings. The summed E-state index contributed by atoms with van der Waals surface area (Å²) in [4.78, 5) is 39.9. The summed E-state index contributed by atoms with van der Waals surface area (Å²) < 4.78 is 10.1. The molecule has 1 spiro atoms. The number of rotatable bonds is 5. The second kappa shape index (κ2) is 8.16. The first kappa shape index (κ1) is 18.8. The summed E-state index contributed by atoms with van der Waals surface area (Å²) in [5, 5.41) is 0. The van der Waals surface area contributed by atoms with Crippen molar-refractivity contribution in [2.24, 2.45) is 0 Å². The molecular formula is C18H24N2O5S. The number of thioether (sulfide) groups is 1. The molecule has 2 aliphatic heterocycles. The zero-order valence-corrected chi connectivity index (χ0v) is 15.8. The zero-order valence-electron chi connectivity index (χ0n) is 14.9. The predicted octanol–water partition coefficient (Wildman–Crippen LogP) is 2.13. The van der Waals surface area contributed by atoms with Crippen LogP contribution in [0.1, 0.15) is 43.2 Å². The zero-order chi connectivity index (χ0) is 18.6. The second-order valence-corrected chi connectivity index (χ2v) is 7.87. The molecule has 2 saturated heterocycles. The summed E-state index contributed by atoms with van der Waals surface area (Å²) in [5.74, 6) is 0.807. The van der Waals surface area contributed by atoms with Crippen LogP contribution in [0.15, 0.2) is 22.8 Å². The Morgan fingerprint density at radius 2 is 2.00 bits per heavy atom. The highest BCUT2D eigenvalue weighted by Crippen LogP contribution is 2.44. The van der Waals surface area contributed by atoms with Gasteiger partial charge in [-0.1, -0.05) is 0 Å². The van der Waals surface area contributed by atoms with Crippen molar-refractivity contribution >= 4 is 29.5 Å². The summed E-state index contributed by atoms with van der Waals surface area (Å²) in [6, 6.07) is 3.40. The lowest BCUT2D eigenvalue weighted by atomic mass is 10.0. The van der Waals surface area contributed by atoms with Gasteiger partial charge in [0.15, 0.2) is 5.76 Å². The number of nitrogens with zero attached hydrogens (tertiary/aromatic N) is 2. The molecule has 1 aromatic heterocycles. The Balaban J connectivity index is 1.56. The highest BCUT2D eigenvalue weighted by Gasteiger charge is 2.47. The summed E-state index contributed by atoms with van der Waals surface area (Å²) in [7, 11) is 0. The minimum Gasteiger partial charge on any atom is -0.466 e. The van der Waals surface area contributed by atoms with Crippen LogP contribution in [0.5, 0.6) is 0 Å². The molecule has 26 heavy (non-hydrogen) atoms. The maximum Gasteiger partial charge on any atom is 0.306 e. The number of amides is 2. The average molecular weight is 380 g/mol. The minimum absolute atomic E-state index is 0.0280. The largest absolute Gasteiger partial charge is 0.466 e. The molecule has 7 nitrogen and oxygen atoms in total. The third kappa shape index (κ3) is 3.90. The van der Waals surface area contributed by atoms with E-state index in [0.717, 1.165) is 18.6 Å². The van der Waals surface area contributed by atoms with Crippen molar-refractivity contribution in [2.75, 3.05) is 32.0 Å². The maximum atomic E-state index is 12.7. The summed E-state index contributed by atoms with van der Waals surface area (Å²) >= 11 is 1.79. The van der Waals surface area contributed by atoms with Crippen molar-refractivity contribution < 1.29 is 23.5 Å². The van der Waals surface area contributed by atoms with Crippen LogP contribution in [0.25, 0.3) is 0 Å². The van der Waals surface area contributed by atoms with Gasteiger partial charge in [-0.3, -0.25) is 14.4 Å². The highest BCUT2D eigenvalue weighted by molar-refractivity contribution is 8.00. The van der Waals surface area contributed by atoms with Gasteiger partial charge in [-0.05, 0) is 31.9 Å². The molecule has 8 heteroatoms. The van der Waals surface area contributed by atoms with Crippen LogP contribution >= 0.6 is 11.8 Å². The fraction of sp³-hybridized carbons (Fsp3) is 0.611. The van der Waals surface area contributed by atoms with E-state index in [1.807, 2.05) is 4.90 Å². The number of hydrogen-bond donors (Lipinski definition) is 0. The normalized spacial score (nSPS) is 19.0. The van der Waals surface area contributed by atoms with Gasteiger partial charge in [0.2, 0.25) is 5.91 Å². The Kier molecular flexibility index (Phi) is 5.90. The van der Waals surface area contributed by atoms with Crippen molar-refractivity contribution in [3.05, 3.63) is 24.2 Å². The van der Waals surface area contributed by atoms with E-state index in [4.69, 9.17) is 9.15 Å². The second-order valence-electron chi connectivity index (χ2n) is 6.41. The van der Waals surface area contributed by atoms with E-state index in [1.165, 1.54) is 6.26 Å². The Hall–Kier alpha value is -1.96. The fourth-order valence-corrected chi connectivity index (χ4v) is 5.00. The molecule has 0 unspecified atom stereocenters. The fourth-order valence-electron chi connectivity index (χ4n) is 3.55. The van der Waals surface area contributed by atoms with Gasteiger partial charge in [-0.2, -0.15) is 0 Å². The first-order valence-corrected chi connectivity index (χ1v) is 9.97. The topological polar surface area (TPSA) is 80.1 Å². The standard InChI is InChI=1S/C18H24N2O5S/c1-2-24-16(22)6-5-15(21)19-9-7-18(8-10-19)20(11-13-26-18)17(23)14-4-3-12-25-14/h3-4,12H,2,5-11,13H2,1H3. The highest BCUT2D eigenvalue weighted by atomic mass is 32.2. The summed E-state index contributed by atoms with van der Waals surface area (Å²) in [5.41, 5.74) is 0. The van der Waals surface area contributed by atoms with Crippen LogP contribution in [-0.2, 0) is 14.3 Å². The van der Waals surface area contributed by atoms with Gasteiger partial charge in [-0.15, -0.1) is 11.8 Å². The van der Waals surface area contributed by atoms with Crippen LogP contribution in [0.4, 0.5) is 0 Å². The number of likely N-dealkylation sites (tertiary alicyclic amines) is 1. The lowest BCUT2D eigenvalue weighted by Gasteiger charge is -2.43. The van der Waals surface area contributed by atoms with Crippen molar-refractivity contribution in [2.45, 2.75) is 37.5 Å². The summed E-state index contributed by atoms with van der Waals surface area (Å²) in [6.07, 6.45) is 3.26. The van der Waals surface area contributed by atoms with Crippen molar-refractivity contribution in [3.63, 3.8) is 0 Å². The van der Waals surface area contributed by atoms with Gasteiger partial charge < -0.3 is 19.0 Å². The quantitative estimate of drug-likeness (QED) is 0.728. The molecule has 142 valence electrons. The molecule has 0 atom stereocenters. The Morgan fingerprint density at radius 3 is 2.65 bits per heavy atom. The van der Waals surface area contributed by atoms with E-state index in [9.17, 15) is 14.4 Å². The number of ether oxygens (including phenoxy) is 1. The third-order valence-corrected chi connectivity index (χ3v) is 6.45. The first-order valence-electron chi connectivity index (χ1n) is 8.98. The summed E-state index contributed by atoms with van der Waals surface area (Å²) in [6.45, 7) is 3.96. The van der Waals surface area contributed by atoms with Gasteiger partial charge in [0.1, 0.15) is 0 Å². The van der Waals surface area contributed by atoms with Gasteiger partial charge in [0.05, 0.1) is 24.2 Å². The third-order valence-electron chi connectivity index (χ3n) is 4.90. The molecule has 2 fully saturated rings. The molecule has 3 rings (SSSR count). The van der Waals surface area contributed by atoms with Crippen molar-refractivity contribution in [1.29, 1.82) is 0 Å². The van der Waals surface area contributed by atoms with Gasteiger partial charge >= 0.3 is 5.97 Å². The first-order chi connectivity index (χ1) is 12.6. The Morgan fingerprint density at radius 1 is 1.23 bits per heavy atom. The number of piperidine rings is 1. The number of furan rings is 1. The Labute approximate surface area is 157 Å². The lowest BCUT2D eigenvalue weighted by molar-refractivity contribution is -0.146. The molecule has 2 aliphatic rings. The van der Waals surface area contributed by atoms with Crippen molar-refractivity contribution in [1.82, 2.24) is 9.80 Å². The average Bonchev–Trinajstić information content (AvgIpc) is 3.31. The SMILES string of the molecule is CCOC(=O)CCC(=O)N1CCC2(CC1)SCCN2C(=O)c1ccco1. The molecule has 0 saturated carbocycles. The molecule has 2 amide bonds. The number of carbonyl (C=O) groups excluding carboxylic acids is 3. The van der Waals surface area contributed by atoms with Crippen LogP contribution < -0.4 is 0 Å². The maximum absolute atomic E-state index is 12.7. The monoisotopic (exact) mass is 380 g/mol. The lowest BCUT2D eigenvalue weighted by Crippen LogP contribution is -2.53. The van der Waals surface area contributed by atoms with E-state index >= 15 is 0 Å². The van der Waals surface area contributed by atoms with Crippen LogP contribution in [0.2, 0.25) is 0 Å². The Bertz CT molecular complexity index is 653. The number of carbonyl (C=O) groups is 3. The molecule has 0 aromatic carbocycles. The molecule has 3 heterocycles. The van der Waals surface area contributed by atoms with Crippen LogP contribution in [-0.4, -0.2) is 64.4 Å².